The lowest BCUT2D eigenvalue weighted by Crippen LogP contribution is -2.29. The highest BCUT2D eigenvalue weighted by Gasteiger charge is 2.18. The van der Waals surface area contributed by atoms with Gasteiger partial charge in [-0.25, -0.2) is 0 Å². The van der Waals surface area contributed by atoms with Gasteiger partial charge >= 0.3 is 0 Å². The van der Waals surface area contributed by atoms with Crippen LogP contribution in [-0.4, -0.2) is 24.8 Å². The van der Waals surface area contributed by atoms with Crippen molar-refractivity contribution in [3.05, 3.63) is 23.3 Å². The minimum Gasteiger partial charge on any atom is -0.467 e. The molecule has 114 valence electrons. The monoisotopic (exact) mass is 289 g/mol. The van der Waals surface area contributed by atoms with E-state index in [4.69, 9.17) is 20.5 Å². The van der Waals surface area contributed by atoms with Gasteiger partial charge in [-0.05, 0) is 18.1 Å². The minimum atomic E-state index is 0.284. The van der Waals surface area contributed by atoms with E-state index in [0.717, 1.165) is 42.2 Å². The van der Waals surface area contributed by atoms with Crippen LogP contribution in [0.25, 0.3) is 0 Å². The topological polar surface area (TPSA) is 71.5 Å². The Kier molecular flexibility index (Phi) is 5.43. The SMILES string of the molecule is CC(C)CN(CCC#N)Cc1cc(N)cc2c1OCOC2. The van der Waals surface area contributed by atoms with Gasteiger partial charge in [0.25, 0.3) is 0 Å². The number of ether oxygens (including phenoxy) is 2. The average molecular weight is 289 g/mol. The third-order valence-electron chi connectivity index (χ3n) is 3.37. The van der Waals surface area contributed by atoms with Crippen LogP contribution in [0.2, 0.25) is 0 Å². The van der Waals surface area contributed by atoms with Crippen molar-refractivity contribution >= 4 is 5.69 Å². The van der Waals surface area contributed by atoms with Crippen LogP contribution in [-0.2, 0) is 17.9 Å². The van der Waals surface area contributed by atoms with Gasteiger partial charge in [0.15, 0.2) is 6.79 Å². The number of fused-ring (bicyclic) bond motifs is 1. The molecule has 2 N–H and O–H groups in total. The summed E-state index contributed by atoms with van der Waals surface area (Å²) in [5, 5.41) is 8.81. The van der Waals surface area contributed by atoms with E-state index in [0.29, 0.717) is 18.9 Å². The van der Waals surface area contributed by atoms with E-state index < -0.39 is 0 Å². The summed E-state index contributed by atoms with van der Waals surface area (Å²) < 4.78 is 11.0. The summed E-state index contributed by atoms with van der Waals surface area (Å²) in [6.45, 7) is 7.63. The van der Waals surface area contributed by atoms with E-state index in [1.807, 2.05) is 12.1 Å². The van der Waals surface area contributed by atoms with E-state index in [2.05, 4.69) is 24.8 Å². The molecule has 1 aliphatic rings. The largest absolute Gasteiger partial charge is 0.467 e. The first-order valence-corrected chi connectivity index (χ1v) is 7.31. The standard InChI is InChI=1S/C16H23N3O2/c1-12(2)8-19(5-3-4-17)9-13-6-15(18)7-14-10-20-11-21-16(13)14/h6-7,12H,3,5,8-11,18H2,1-2H3. The van der Waals surface area contributed by atoms with Gasteiger partial charge in [-0.15, -0.1) is 0 Å². The number of hydrogen-bond donors (Lipinski definition) is 1. The molecule has 0 aliphatic carbocycles. The molecule has 2 rings (SSSR count). The summed E-state index contributed by atoms with van der Waals surface area (Å²) in [4.78, 5) is 2.28. The maximum absolute atomic E-state index is 8.81. The summed E-state index contributed by atoms with van der Waals surface area (Å²) in [7, 11) is 0. The smallest absolute Gasteiger partial charge is 0.189 e. The predicted molar refractivity (Wildman–Crippen MR) is 81.5 cm³/mol. The normalized spacial score (nSPS) is 13.9. The van der Waals surface area contributed by atoms with Crippen LogP contribution in [0.1, 0.15) is 31.4 Å². The van der Waals surface area contributed by atoms with E-state index in [1.54, 1.807) is 0 Å². The molecule has 0 radical (unpaired) electrons. The van der Waals surface area contributed by atoms with Gasteiger partial charge in [0.1, 0.15) is 5.75 Å². The first-order valence-electron chi connectivity index (χ1n) is 7.31. The van der Waals surface area contributed by atoms with Crippen LogP contribution in [0.4, 0.5) is 5.69 Å². The Morgan fingerprint density at radius 1 is 1.43 bits per heavy atom. The maximum atomic E-state index is 8.81. The van der Waals surface area contributed by atoms with Crippen LogP contribution in [0.5, 0.6) is 5.75 Å². The molecule has 0 unspecified atom stereocenters. The summed E-state index contributed by atoms with van der Waals surface area (Å²) in [5.41, 5.74) is 8.78. The zero-order chi connectivity index (χ0) is 15.2. The average Bonchev–Trinajstić information content (AvgIpc) is 2.44. The number of nitrogen functional groups attached to an aromatic ring is 1. The van der Waals surface area contributed by atoms with Crippen molar-refractivity contribution < 1.29 is 9.47 Å². The molecule has 5 heteroatoms. The number of hydrogen-bond acceptors (Lipinski definition) is 5. The molecule has 0 saturated carbocycles. The molecular weight excluding hydrogens is 266 g/mol. The van der Waals surface area contributed by atoms with Crippen molar-refractivity contribution in [3.63, 3.8) is 0 Å². The molecule has 0 aromatic heterocycles. The Hall–Kier alpha value is -1.77. The van der Waals surface area contributed by atoms with E-state index >= 15 is 0 Å². The molecule has 0 spiro atoms. The number of rotatable bonds is 6. The zero-order valence-corrected chi connectivity index (χ0v) is 12.8. The number of nitrogens with two attached hydrogens (primary N) is 1. The molecule has 21 heavy (non-hydrogen) atoms. The molecule has 1 aromatic carbocycles. The molecular formula is C16H23N3O2. The van der Waals surface area contributed by atoms with E-state index in [9.17, 15) is 0 Å². The second kappa shape index (κ2) is 7.30. The van der Waals surface area contributed by atoms with Gasteiger partial charge in [0.05, 0.1) is 12.7 Å². The third kappa shape index (κ3) is 4.35. The Morgan fingerprint density at radius 3 is 2.95 bits per heavy atom. The molecule has 0 saturated heterocycles. The fraction of sp³-hybridized carbons (Fsp3) is 0.562. The minimum absolute atomic E-state index is 0.284. The Morgan fingerprint density at radius 2 is 2.24 bits per heavy atom. The van der Waals surface area contributed by atoms with Crippen LogP contribution >= 0.6 is 0 Å². The van der Waals surface area contributed by atoms with Crippen LogP contribution in [0.3, 0.4) is 0 Å². The molecule has 0 bridgehead atoms. The summed E-state index contributed by atoms with van der Waals surface area (Å²) in [6.07, 6.45) is 0.529. The van der Waals surface area contributed by atoms with Gasteiger partial charge in [-0.3, -0.25) is 4.90 Å². The van der Waals surface area contributed by atoms with Crippen LogP contribution < -0.4 is 10.5 Å². The Balaban J connectivity index is 2.19. The first kappa shape index (κ1) is 15.6. The highest BCUT2D eigenvalue weighted by atomic mass is 16.7. The van der Waals surface area contributed by atoms with E-state index in [-0.39, 0.29) is 6.79 Å². The van der Waals surface area contributed by atoms with Crippen molar-refractivity contribution in [2.24, 2.45) is 5.92 Å². The number of nitrogens with zero attached hydrogens (tertiary/aromatic N) is 2. The third-order valence-corrected chi connectivity index (χ3v) is 3.37. The lowest BCUT2D eigenvalue weighted by molar-refractivity contribution is -0.0174. The molecule has 1 aromatic rings. The molecule has 1 heterocycles. The molecule has 1 aliphatic heterocycles. The van der Waals surface area contributed by atoms with Gasteiger partial charge in [-0.2, -0.15) is 5.26 Å². The van der Waals surface area contributed by atoms with Crippen molar-refractivity contribution in [1.29, 1.82) is 5.26 Å². The Labute approximate surface area is 126 Å². The van der Waals surface area contributed by atoms with Crippen LogP contribution in [0.15, 0.2) is 12.1 Å². The van der Waals surface area contributed by atoms with Crippen molar-refractivity contribution in [1.82, 2.24) is 4.90 Å². The van der Waals surface area contributed by atoms with Gasteiger partial charge in [0, 0.05) is 42.9 Å². The number of anilines is 1. The lowest BCUT2D eigenvalue weighted by atomic mass is 10.1. The predicted octanol–water partition coefficient (Wildman–Crippen LogP) is 2.51. The Bertz CT molecular complexity index is 523. The van der Waals surface area contributed by atoms with Gasteiger partial charge in [-0.1, -0.05) is 13.8 Å². The highest BCUT2D eigenvalue weighted by molar-refractivity contribution is 5.53. The number of nitriles is 1. The zero-order valence-electron chi connectivity index (χ0n) is 12.8. The first-order chi connectivity index (χ1) is 10.1. The van der Waals surface area contributed by atoms with E-state index in [1.165, 1.54) is 0 Å². The lowest BCUT2D eigenvalue weighted by Gasteiger charge is -2.27. The van der Waals surface area contributed by atoms with Gasteiger partial charge in [0.2, 0.25) is 0 Å². The second-order valence-corrected chi connectivity index (χ2v) is 5.82. The fourth-order valence-electron chi connectivity index (χ4n) is 2.64. The summed E-state index contributed by atoms with van der Waals surface area (Å²) in [5.74, 6) is 1.44. The maximum Gasteiger partial charge on any atom is 0.189 e. The second-order valence-electron chi connectivity index (χ2n) is 5.82. The molecule has 5 nitrogen and oxygen atoms in total. The van der Waals surface area contributed by atoms with Crippen molar-refractivity contribution in [3.8, 4) is 11.8 Å². The van der Waals surface area contributed by atoms with Gasteiger partial charge < -0.3 is 15.2 Å². The number of benzene rings is 1. The quantitative estimate of drug-likeness (QED) is 0.815. The highest BCUT2D eigenvalue weighted by Crippen LogP contribution is 2.31. The molecule has 0 atom stereocenters. The van der Waals surface area contributed by atoms with Crippen LogP contribution in [0, 0.1) is 17.2 Å². The van der Waals surface area contributed by atoms with Crippen molar-refractivity contribution in [2.45, 2.75) is 33.4 Å². The summed E-state index contributed by atoms with van der Waals surface area (Å²) in [6, 6.07) is 6.08. The molecule has 0 amide bonds. The summed E-state index contributed by atoms with van der Waals surface area (Å²) >= 11 is 0. The molecule has 0 fully saturated rings. The fourth-order valence-corrected chi connectivity index (χ4v) is 2.64. The van der Waals surface area contributed by atoms with Crippen molar-refractivity contribution in [2.75, 3.05) is 25.6 Å².